The zero-order valence-corrected chi connectivity index (χ0v) is 21.3. The highest BCUT2D eigenvalue weighted by atomic mass is 32.2. The van der Waals surface area contributed by atoms with E-state index in [0.717, 1.165) is 38.0 Å². The maximum absolute atomic E-state index is 12.1. The number of hydrogen-bond acceptors (Lipinski definition) is 7. The summed E-state index contributed by atoms with van der Waals surface area (Å²) in [6.45, 7) is 4.24. The summed E-state index contributed by atoms with van der Waals surface area (Å²) in [5.41, 5.74) is 2.62. The van der Waals surface area contributed by atoms with Crippen molar-refractivity contribution in [2.45, 2.75) is 44.8 Å². The molecule has 4 rings (SSSR count). The minimum atomic E-state index is -3.30. The largest absolute Gasteiger partial charge is 0.489 e. The molecule has 1 aliphatic rings. The van der Waals surface area contributed by atoms with Gasteiger partial charge in [0.15, 0.2) is 0 Å². The van der Waals surface area contributed by atoms with Crippen LogP contribution in [0.3, 0.4) is 0 Å². The summed E-state index contributed by atoms with van der Waals surface area (Å²) < 4.78 is 32.6. The summed E-state index contributed by atoms with van der Waals surface area (Å²) in [6, 6.07) is 13.1. The number of fused-ring (bicyclic) bond motifs is 1. The second kappa shape index (κ2) is 11.8. The second-order valence-electron chi connectivity index (χ2n) is 9.21. The van der Waals surface area contributed by atoms with Gasteiger partial charge in [-0.3, -0.25) is 4.72 Å². The lowest BCUT2D eigenvalue weighted by Gasteiger charge is -2.34. The lowest BCUT2D eigenvalue weighted by Crippen LogP contribution is -2.45. The molecule has 1 aliphatic heterocycles. The Labute approximate surface area is 211 Å². The minimum Gasteiger partial charge on any atom is -0.489 e. The SMILES string of the molecule is CCCCS(=O)(=O)Nc1ccc(N2CCC(NC[C@H](O)COc3cccc4[nH]c(=O)[nH]c34)CC2)cc1. The van der Waals surface area contributed by atoms with E-state index >= 15 is 0 Å². The van der Waals surface area contributed by atoms with Crippen LogP contribution in [-0.2, 0) is 10.0 Å². The fourth-order valence-corrected chi connectivity index (χ4v) is 5.61. The van der Waals surface area contributed by atoms with Crippen molar-refractivity contribution in [2.24, 2.45) is 0 Å². The van der Waals surface area contributed by atoms with Gasteiger partial charge in [-0.25, -0.2) is 13.2 Å². The molecule has 0 spiro atoms. The van der Waals surface area contributed by atoms with Crippen molar-refractivity contribution >= 4 is 32.4 Å². The number of aromatic nitrogens is 2. The van der Waals surface area contributed by atoms with Crippen LogP contribution in [0.1, 0.15) is 32.6 Å². The smallest absolute Gasteiger partial charge is 0.323 e. The number of imidazole rings is 1. The number of aliphatic hydroxyl groups is 1. The van der Waals surface area contributed by atoms with Crippen molar-refractivity contribution in [3.05, 3.63) is 52.9 Å². The number of nitrogens with one attached hydrogen (secondary N) is 4. The summed E-state index contributed by atoms with van der Waals surface area (Å²) in [4.78, 5) is 19.2. The van der Waals surface area contributed by atoms with Crippen LogP contribution in [0.25, 0.3) is 11.0 Å². The maximum atomic E-state index is 12.1. The summed E-state index contributed by atoms with van der Waals surface area (Å²) in [5.74, 6) is 0.661. The van der Waals surface area contributed by atoms with Crippen LogP contribution in [0.5, 0.6) is 5.75 Å². The molecule has 2 heterocycles. The lowest BCUT2D eigenvalue weighted by molar-refractivity contribution is 0.103. The number of anilines is 2. The molecule has 196 valence electrons. The molecule has 5 N–H and O–H groups in total. The monoisotopic (exact) mass is 517 g/mol. The molecule has 3 aromatic rings. The second-order valence-corrected chi connectivity index (χ2v) is 11.1. The molecule has 0 saturated carbocycles. The van der Waals surface area contributed by atoms with Gasteiger partial charge in [-0.2, -0.15) is 0 Å². The number of para-hydroxylation sites is 1. The molecule has 0 unspecified atom stereocenters. The van der Waals surface area contributed by atoms with Crippen LogP contribution in [0.15, 0.2) is 47.3 Å². The fourth-order valence-electron chi connectivity index (χ4n) is 4.35. The quantitative estimate of drug-likeness (QED) is 0.249. The molecule has 0 bridgehead atoms. The summed E-state index contributed by atoms with van der Waals surface area (Å²) >= 11 is 0. The Morgan fingerprint density at radius 3 is 2.61 bits per heavy atom. The predicted octanol–water partition coefficient (Wildman–Crippen LogP) is 2.40. The number of nitrogens with zero attached hydrogens (tertiary/aromatic N) is 1. The van der Waals surface area contributed by atoms with Gasteiger partial charge in [-0.05, 0) is 55.7 Å². The highest BCUT2D eigenvalue weighted by Crippen LogP contribution is 2.23. The molecule has 36 heavy (non-hydrogen) atoms. The van der Waals surface area contributed by atoms with Crippen LogP contribution in [-0.4, -0.2) is 67.6 Å². The van der Waals surface area contributed by atoms with Gasteiger partial charge in [0, 0.05) is 37.1 Å². The van der Waals surface area contributed by atoms with Gasteiger partial charge in [-0.15, -0.1) is 0 Å². The third kappa shape index (κ3) is 7.02. The molecule has 1 aromatic heterocycles. The third-order valence-electron chi connectivity index (χ3n) is 6.35. The third-order valence-corrected chi connectivity index (χ3v) is 7.73. The van der Waals surface area contributed by atoms with Crippen molar-refractivity contribution in [3.8, 4) is 5.75 Å². The molecular formula is C25H35N5O5S. The fraction of sp³-hybridized carbons (Fsp3) is 0.480. The lowest BCUT2D eigenvalue weighted by atomic mass is 10.0. The first-order valence-electron chi connectivity index (χ1n) is 12.4. The minimum absolute atomic E-state index is 0.118. The molecule has 0 radical (unpaired) electrons. The van der Waals surface area contributed by atoms with Gasteiger partial charge in [0.25, 0.3) is 0 Å². The molecule has 1 fully saturated rings. The number of aromatic amines is 2. The highest BCUT2D eigenvalue weighted by molar-refractivity contribution is 7.92. The summed E-state index contributed by atoms with van der Waals surface area (Å²) in [5, 5.41) is 13.8. The first-order valence-corrected chi connectivity index (χ1v) is 14.1. The number of piperidine rings is 1. The topological polar surface area (TPSA) is 140 Å². The van der Waals surface area contributed by atoms with Crippen molar-refractivity contribution in [3.63, 3.8) is 0 Å². The molecule has 1 saturated heterocycles. The normalized spacial score (nSPS) is 15.8. The van der Waals surface area contributed by atoms with E-state index in [9.17, 15) is 18.3 Å². The van der Waals surface area contributed by atoms with E-state index in [2.05, 4.69) is 24.9 Å². The zero-order valence-electron chi connectivity index (χ0n) is 20.5. The van der Waals surface area contributed by atoms with E-state index in [4.69, 9.17) is 4.74 Å². The Hall–Kier alpha value is -3.02. The molecule has 0 amide bonds. The van der Waals surface area contributed by atoms with Crippen LogP contribution >= 0.6 is 0 Å². The first kappa shape index (κ1) is 26.1. The first-order chi connectivity index (χ1) is 17.3. The van der Waals surface area contributed by atoms with Crippen LogP contribution < -0.4 is 25.4 Å². The van der Waals surface area contributed by atoms with Gasteiger partial charge >= 0.3 is 5.69 Å². The van der Waals surface area contributed by atoms with Crippen LogP contribution in [0.2, 0.25) is 0 Å². The summed E-state index contributed by atoms with van der Waals surface area (Å²) in [7, 11) is -3.30. The number of sulfonamides is 1. The summed E-state index contributed by atoms with van der Waals surface area (Å²) in [6.07, 6.45) is 2.67. The number of ether oxygens (including phenoxy) is 1. The Bertz CT molecular complexity index is 1280. The van der Waals surface area contributed by atoms with E-state index in [1.54, 1.807) is 18.2 Å². The highest BCUT2D eigenvalue weighted by Gasteiger charge is 2.20. The van der Waals surface area contributed by atoms with Gasteiger partial charge in [0.1, 0.15) is 24.0 Å². The van der Waals surface area contributed by atoms with Gasteiger partial charge in [0.2, 0.25) is 10.0 Å². The number of aliphatic hydroxyl groups excluding tert-OH is 1. The number of rotatable bonds is 12. The van der Waals surface area contributed by atoms with Crippen molar-refractivity contribution in [2.75, 3.05) is 41.6 Å². The van der Waals surface area contributed by atoms with Crippen molar-refractivity contribution in [1.29, 1.82) is 0 Å². The van der Waals surface area contributed by atoms with Gasteiger partial charge in [0.05, 0.1) is 11.3 Å². The van der Waals surface area contributed by atoms with Gasteiger partial charge in [-0.1, -0.05) is 19.4 Å². The number of hydrogen-bond donors (Lipinski definition) is 5. The predicted molar refractivity (Wildman–Crippen MR) is 142 cm³/mol. The molecule has 10 nitrogen and oxygen atoms in total. The van der Waals surface area contributed by atoms with E-state index in [-0.39, 0.29) is 18.0 Å². The Balaban J connectivity index is 1.19. The van der Waals surface area contributed by atoms with E-state index in [1.165, 1.54) is 0 Å². The maximum Gasteiger partial charge on any atom is 0.323 e. The molecule has 2 aromatic carbocycles. The molecule has 0 aliphatic carbocycles. The van der Waals surface area contributed by atoms with E-state index in [1.807, 2.05) is 31.2 Å². The number of benzene rings is 2. The zero-order chi connectivity index (χ0) is 25.5. The standard InChI is InChI=1S/C25H35N5O5S/c1-2-3-15-36(33,34)29-19-7-9-20(10-8-19)30-13-11-18(12-14-30)26-16-21(31)17-35-23-6-4-5-22-24(23)28-25(32)27-22/h4-10,18,21,26,29,31H,2-3,11-17H2,1H3,(H2,27,28,32)/t21-/m0/s1. The average Bonchev–Trinajstić information content (AvgIpc) is 3.26. The van der Waals surface area contributed by atoms with E-state index in [0.29, 0.717) is 41.5 Å². The van der Waals surface area contributed by atoms with Gasteiger partial charge < -0.3 is 30.0 Å². The Kier molecular flexibility index (Phi) is 8.55. The Morgan fingerprint density at radius 2 is 1.89 bits per heavy atom. The van der Waals surface area contributed by atoms with Crippen molar-refractivity contribution < 1.29 is 18.3 Å². The number of H-pyrrole nitrogens is 2. The Morgan fingerprint density at radius 1 is 1.14 bits per heavy atom. The van der Waals surface area contributed by atoms with Crippen LogP contribution in [0.4, 0.5) is 11.4 Å². The average molecular weight is 518 g/mol. The van der Waals surface area contributed by atoms with E-state index < -0.39 is 16.1 Å². The molecular weight excluding hydrogens is 482 g/mol. The van der Waals surface area contributed by atoms with Crippen LogP contribution in [0, 0.1) is 0 Å². The molecule has 1 atom stereocenters. The molecule has 11 heteroatoms. The van der Waals surface area contributed by atoms with Crippen molar-refractivity contribution in [1.82, 2.24) is 15.3 Å². The number of unbranched alkanes of at least 4 members (excludes halogenated alkanes) is 1.